The number of hydrogen-bond acceptors (Lipinski definition) is 3. The zero-order valence-electron chi connectivity index (χ0n) is 7.56. The third kappa shape index (κ3) is 1.35. The molecule has 2 rings (SSSR count). The van der Waals surface area contributed by atoms with E-state index in [9.17, 15) is 4.79 Å². The summed E-state index contributed by atoms with van der Waals surface area (Å²) in [4.78, 5) is 10.8. The predicted octanol–water partition coefficient (Wildman–Crippen LogP) is 1.62. The molecule has 0 N–H and O–H groups in total. The zero-order chi connectivity index (χ0) is 9.97. The van der Waals surface area contributed by atoms with E-state index in [4.69, 9.17) is 10.00 Å². The Bertz CT molecular complexity index is 406. The average molecular weight is 187 g/mol. The molecule has 0 saturated heterocycles. The number of hydrogen-bond donors (Lipinski definition) is 0. The Balaban J connectivity index is 2.46. The molecule has 0 aromatic heterocycles. The Morgan fingerprint density at radius 3 is 3.14 bits per heavy atom. The van der Waals surface area contributed by atoms with E-state index >= 15 is 0 Å². The number of benzene rings is 1. The van der Waals surface area contributed by atoms with Gasteiger partial charge in [-0.3, -0.25) is 0 Å². The van der Waals surface area contributed by atoms with Gasteiger partial charge in [0.1, 0.15) is 12.0 Å². The molecule has 1 heterocycles. The lowest BCUT2D eigenvalue weighted by Crippen LogP contribution is -2.15. The predicted molar refractivity (Wildman–Crippen MR) is 50.1 cm³/mol. The summed E-state index contributed by atoms with van der Waals surface area (Å²) in [6.45, 7) is 0.547. The van der Waals surface area contributed by atoms with Gasteiger partial charge >= 0.3 is 0 Å². The number of fused-ring (bicyclic) bond motifs is 1. The Morgan fingerprint density at radius 2 is 2.43 bits per heavy atom. The van der Waals surface area contributed by atoms with Crippen molar-refractivity contribution in [2.24, 2.45) is 0 Å². The average Bonchev–Trinajstić information content (AvgIpc) is 2.27. The Morgan fingerprint density at radius 1 is 1.57 bits per heavy atom. The third-order valence-electron chi connectivity index (χ3n) is 2.39. The number of carbonyl (C=O) groups excluding carboxylic acids is 1. The summed E-state index contributed by atoms with van der Waals surface area (Å²) in [5.41, 5.74) is 1.46. The Kier molecular flexibility index (Phi) is 2.19. The normalized spacial score (nSPS) is 18.9. The van der Waals surface area contributed by atoms with Crippen LogP contribution in [0.25, 0.3) is 0 Å². The van der Waals surface area contributed by atoms with E-state index in [0.717, 1.165) is 18.3 Å². The SMILES string of the molecule is N#Cc1ccc2c(c1)OCC[C@H]2C=O. The van der Waals surface area contributed by atoms with Crippen molar-refractivity contribution in [2.75, 3.05) is 6.61 Å². The fourth-order valence-electron chi connectivity index (χ4n) is 1.63. The van der Waals surface area contributed by atoms with Crippen LogP contribution in [0.2, 0.25) is 0 Å². The highest BCUT2D eigenvalue weighted by Crippen LogP contribution is 2.32. The molecule has 0 fully saturated rings. The number of nitriles is 1. The molecule has 70 valence electrons. The van der Waals surface area contributed by atoms with Crippen LogP contribution in [0.3, 0.4) is 0 Å². The Hall–Kier alpha value is -1.82. The maximum atomic E-state index is 10.8. The molecular formula is C11H9NO2. The molecule has 1 aliphatic rings. The number of carbonyl (C=O) groups is 1. The van der Waals surface area contributed by atoms with E-state index in [0.29, 0.717) is 17.9 Å². The van der Waals surface area contributed by atoms with E-state index in [1.807, 2.05) is 6.07 Å². The lowest BCUT2D eigenvalue weighted by Gasteiger charge is -2.21. The molecule has 0 saturated carbocycles. The first-order valence-electron chi connectivity index (χ1n) is 4.47. The minimum absolute atomic E-state index is 0.0773. The molecule has 0 radical (unpaired) electrons. The van der Waals surface area contributed by atoms with Gasteiger partial charge in [-0.15, -0.1) is 0 Å². The van der Waals surface area contributed by atoms with E-state index in [1.54, 1.807) is 18.2 Å². The number of rotatable bonds is 1. The molecule has 1 atom stereocenters. The van der Waals surface area contributed by atoms with Crippen LogP contribution >= 0.6 is 0 Å². The highest BCUT2D eigenvalue weighted by molar-refractivity contribution is 5.65. The first kappa shape index (κ1) is 8.76. The van der Waals surface area contributed by atoms with Crippen molar-refractivity contribution in [3.8, 4) is 11.8 Å². The second-order valence-corrected chi connectivity index (χ2v) is 3.24. The second-order valence-electron chi connectivity index (χ2n) is 3.24. The highest BCUT2D eigenvalue weighted by Gasteiger charge is 2.20. The van der Waals surface area contributed by atoms with Crippen LogP contribution in [-0.4, -0.2) is 12.9 Å². The summed E-state index contributed by atoms with van der Waals surface area (Å²) < 4.78 is 5.39. The van der Waals surface area contributed by atoms with Crippen LogP contribution in [0.15, 0.2) is 18.2 Å². The molecule has 0 unspecified atom stereocenters. The molecule has 0 amide bonds. The molecule has 1 aliphatic heterocycles. The van der Waals surface area contributed by atoms with Gasteiger partial charge in [-0.1, -0.05) is 6.07 Å². The zero-order valence-corrected chi connectivity index (χ0v) is 7.56. The van der Waals surface area contributed by atoms with Gasteiger partial charge in [-0.25, -0.2) is 0 Å². The Labute approximate surface area is 81.9 Å². The standard InChI is InChI=1S/C11H9NO2/c12-6-8-1-2-10-9(7-13)3-4-14-11(10)5-8/h1-2,5,7,9H,3-4H2/t9-/m0/s1. The summed E-state index contributed by atoms with van der Waals surface area (Å²) in [6.07, 6.45) is 1.66. The van der Waals surface area contributed by atoms with Crippen LogP contribution < -0.4 is 4.74 Å². The molecule has 14 heavy (non-hydrogen) atoms. The molecule has 3 nitrogen and oxygen atoms in total. The highest BCUT2D eigenvalue weighted by atomic mass is 16.5. The first-order valence-corrected chi connectivity index (χ1v) is 4.47. The molecular weight excluding hydrogens is 178 g/mol. The summed E-state index contributed by atoms with van der Waals surface area (Å²) >= 11 is 0. The quantitative estimate of drug-likeness (QED) is 0.628. The van der Waals surface area contributed by atoms with Crippen LogP contribution in [0.1, 0.15) is 23.5 Å². The summed E-state index contributed by atoms with van der Waals surface area (Å²) in [7, 11) is 0. The van der Waals surface area contributed by atoms with E-state index < -0.39 is 0 Å². The van der Waals surface area contributed by atoms with Crippen molar-refractivity contribution in [2.45, 2.75) is 12.3 Å². The van der Waals surface area contributed by atoms with E-state index in [2.05, 4.69) is 0 Å². The van der Waals surface area contributed by atoms with Gasteiger partial charge in [0.2, 0.25) is 0 Å². The minimum atomic E-state index is -0.0773. The van der Waals surface area contributed by atoms with Crippen molar-refractivity contribution in [3.05, 3.63) is 29.3 Å². The fraction of sp³-hybridized carbons (Fsp3) is 0.273. The maximum Gasteiger partial charge on any atom is 0.127 e. The number of aldehydes is 1. The molecule has 3 heteroatoms. The first-order chi connectivity index (χ1) is 6.85. The number of ether oxygens (including phenoxy) is 1. The summed E-state index contributed by atoms with van der Waals surface area (Å²) in [6, 6.07) is 7.24. The van der Waals surface area contributed by atoms with Crippen LogP contribution in [0.4, 0.5) is 0 Å². The lowest BCUT2D eigenvalue weighted by atomic mass is 9.94. The van der Waals surface area contributed by atoms with Crippen molar-refractivity contribution in [3.63, 3.8) is 0 Å². The minimum Gasteiger partial charge on any atom is -0.493 e. The van der Waals surface area contributed by atoms with Gasteiger partial charge in [-0.05, 0) is 18.6 Å². The van der Waals surface area contributed by atoms with Crippen molar-refractivity contribution >= 4 is 6.29 Å². The molecule has 1 aromatic carbocycles. The molecule has 1 aromatic rings. The van der Waals surface area contributed by atoms with Gasteiger partial charge in [0.25, 0.3) is 0 Å². The molecule has 0 spiro atoms. The summed E-state index contributed by atoms with van der Waals surface area (Å²) in [5, 5.41) is 8.69. The van der Waals surface area contributed by atoms with Gasteiger partial charge in [0.05, 0.1) is 18.2 Å². The second kappa shape index (κ2) is 3.51. The largest absolute Gasteiger partial charge is 0.493 e. The lowest BCUT2D eigenvalue weighted by molar-refractivity contribution is -0.109. The fourth-order valence-corrected chi connectivity index (χ4v) is 1.63. The topological polar surface area (TPSA) is 50.1 Å². The van der Waals surface area contributed by atoms with Crippen molar-refractivity contribution in [1.82, 2.24) is 0 Å². The smallest absolute Gasteiger partial charge is 0.127 e. The molecule has 0 bridgehead atoms. The van der Waals surface area contributed by atoms with Gasteiger partial charge in [0, 0.05) is 11.5 Å². The van der Waals surface area contributed by atoms with Gasteiger partial charge in [0.15, 0.2) is 0 Å². The van der Waals surface area contributed by atoms with Gasteiger partial charge in [-0.2, -0.15) is 5.26 Å². The van der Waals surface area contributed by atoms with Crippen LogP contribution in [-0.2, 0) is 4.79 Å². The van der Waals surface area contributed by atoms with Crippen LogP contribution in [0.5, 0.6) is 5.75 Å². The number of nitrogens with zero attached hydrogens (tertiary/aromatic N) is 1. The van der Waals surface area contributed by atoms with E-state index in [1.165, 1.54) is 0 Å². The van der Waals surface area contributed by atoms with Gasteiger partial charge < -0.3 is 9.53 Å². The third-order valence-corrected chi connectivity index (χ3v) is 2.39. The molecule has 0 aliphatic carbocycles. The van der Waals surface area contributed by atoms with E-state index in [-0.39, 0.29) is 5.92 Å². The van der Waals surface area contributed by atoms with Crippen molar-refractivity contribution in [1.29, 1.82) is 5.26 Å². The monoisotopic (exact) mass is 187 g/mol. The summed E-state index contributed by atoms with van der Waals surface area (Å²) in [5.74, 6) is 0.596. The van der Waals surface area contributed by atoms with Crippen molar-refractivity contribution < 1.29 is 9.53 Å². The maximum absolute atomic E-state index is 10.8. The van der Waals surface area contributed by atoms with Crippen LogP contribution in [0, 0.1) is 11.3 Å².